The molecule has 0 aromatic heterocycles. The van der Waals surface area contributed by atoms with Crippen molar-refractivity contribution in [2.45, 2.75) is 104 Å². The van der Waals surface area contributed by atoms with Gasteiger partial charge in [0, 0.05) is 18.9 Å². The maximum atomic E-state index is 14.7. The third-order valence-electron chi connectivity index (χ3n) is 12.4. The zero-order chi connectivity index (χ0) is 50.3. The summed E-state index contributed by atoms with van der Waals surface area (Å²) < 4.78 is 6.65. The third kappa shape index (κ3) is 11.9. The molecule has 2 aromatic rings. The Bertz CT molecular complexity index is 2260. The smallest absolute Gasteiger partial charge is 0.346 e. The first-order chi connectivity index (χ1) is 32.8. The summed E-state index contributed by atoms with van der Waals surface area (Å²) in [5, 5.41) is 106. The Balaban J connectivity index is 1.42. The number of carbonyl (C=O) groups is 6. The number of hydrogen-bond donors (Lipinski definition) is 18. The second kappa shape index (κ2) is 22.6. The minimum Gasteiger partial charge on any atom is -0.508 e. The Morgan fingerprint density at radius 2 is 1.32 bits per heavy atom. The molecular formula is C42H59N12O15+. The fourth-order valence-electron chi connectivity index (χ4n) is 8.41. The van der Waals surface area contributed by atoms with Crippen molar-refractivity contribution in [2.24, 2.45) is 16.5 Å². The van der Waals surface area contributed by atoms with Crippen LogP contribution in [0.3, 0.4) is 0 Å². The van der Waals surface area contributed by atoms with E-state index in [-0.39, 0.29) is 37.2 Å². The number of amides is 6. The highest BCUT2D eigenvalue weighted by molar-refractivity contribution is 5.98. The first-order valence-corrected chi connectivity index (χ1v) is 21.9. The van der Waals surface area contributed by atoms with Gasteiger partial charge in [-0.2, -0.15) is 0 Å². The van der Waals surface area contributed by atoms with Gasteiger partial charge >= 0.3 is 5.96 Å². The largest absolute Gasteiger partial charge is 0.508 e. The van der Waals surface area contributed by atoms with E-state index in [1.165, 1.54) is 24.3 Å². The number of ether oxygens (including phenoxy) is 1. The van der Waals surface area contributed by atoms with Gasteiger partial charge in [-0.05, 0) is 23.3 Å². The summed E-state index contributed by atoms with van der Waals surface area (Å²) in [6.45, 7) is -1.67. The number of rotatable bonds is 11. The number of nitrogens with zero attached hydrogens (tertiary/aromatic N) is 2. The van der Waals surface area contributed by atoms with Gasteiger partial charge in [0.2, 0.25) is 41.7 Å². The van der Waals surface area contributed by atoms with Crippen molar-refractivity contribution in [3.63, 3.8) is 0 Å². The van der Waals surface area contributed by atoms with Crippen LogP contribution in [-0.4, -0.2) is 211 Å². The van der Waals surface area contributed by atoms with E-state index in [0.717, 1.165) is 4.58 Å². The van der Waals surface area contributed by atoms with Gasteiger partial charge in [0.25, 0.3) is 0 Å². The summed E-state index contributed by atoms with van der Waals surface area (Å²) in [5.74, 6) is -8.13. The lowest BCUT2D eigenvalue weighted by Crippen LogP contribution is -2.68. The summed E-state index contributed by atoms with van der Waals surface area (Å²) in [5.41, 5.74) is 13.0. The maximum absolute atomic E-state index is 14.7. The van der Waals surface area contributed by atoms with Crippen LogP contribution in [0.1, 0.15) is 24.0 Å². The number of nitrogens with one attached hydrogen (secondary N) is 8. The molecule has 0 spiro atoms. The van der Waals surface area contributed by atoms with Crippen LogP contribution in [0.5, 0.6) is 5.75 Å². The van der Waals surface area contributed by atoms with Crippen LogP contribution in [0.4, 0.5) is 0 Å². The first-order valence-electron chi connectivity index (χ1n) is 21.9. The number of aliphatic imine (C=N–C) groups is 1. The van der Waals surface area contributed by atoms with Crippen molar-refractivity contribution in [3.05, 3.63) is 65.7 Å². The molecule has 2 fully saturated rings. The van der Waals surface area contributed by atoms with Crippen molar-refractivity contribution in [2.75, 3.05) is 32.8 Å². The lowest BCUT2D eigenvalue weighted by atomic mass is 9.92. The highest BCUT2D eigenvalue weighted by atomic mass is 16.6. The van der Waals surface area contributed by atoms with E-state index in [1.54, 1.807) is 37.3 Å². The first kappa shape index (κ1) is 51.7. The van der Waals surface area contributed by atoms with Gasteiger partial charge in [-0.1, -0.05) is 49.4 Å². The normalized spacial score (nSPS) is 32.3. The summed E-state index contributed by atoms with van der Waals surface area (Å²) in [6, 6.07) is 2.08. The molecule has 69 heavy (non-hydrogen) atoms. The minimum absolute atomic E-state index is 0.121. The van der Waals surface area contributed by atoms with Gasteiger partial charge in [0.05, 0.1) is 25.8 Å². The van der Waals surface area contributed by atoms with Crippen LogP contribution in [0.2, 0.25) is 0 Å². The molecule has 2 aromatic carbocycles. The van der Waals surface area contributed by atoms with E-state index in [4.69, 9.17) is 16.2 Å². The lowest BCUT2D eigenvalue weighted by molar-refractivity contribution is -0.663. The van der Waals surface area contributed by atoms with Crippen LogP contribution in [0, 0.1) is 0 Å². The molecule has 0 saturated carbocycles. The molecule has 6 rings (SSSR count). The second-order valence-electron chi connectivity index (χ2n) is 17.0. The molecular weight excluding hydrogens is 913 g/mol. The zero-order valence-electron chi connectivity index (χ0n) is 37.1. The SMILES string of the molecule is C[C@@H](c1ccccc1)[C@@H]1NC(=O)CNC(=O)[C@H](CO)NC(=O)[C@@H]([C@H](O)[C@@H]2CNC(N)=[N+]2[C@H]2O[C@H](CO)[C@@H](O)[C@H](O)[C@@H]2O)NC(=O)[C@H]([C@H](O)[C@@H]2CNC(N)=N2)NC(=O)[C@@H](Cc2ccc(O)cc2)NC1=O. The van der Waals surface area contributed by atoms with Gasteiger partial charge in [0.1, 0.15) is 85.2 Å². The summed E-state index contributed by atoms with van der Waals surface area (Å²) in [7, 11) is 0. The molecule has 27 nitrogen and oxygen atoms in total. The van der Waals surface area contributed by atoms with Gasteiger partial charge < -0.3 is 88.5 Å². The predicted octanol–water partition coefficient (Wildman–Crippen LogP) is -9.61. The predicted molar refractivity (Wildman–Crippen MR) is 237 cm³/mol. The number of phenols is 1. The van der Waals surface area contributed by atoms with Gasteiger partial charge in [-0.15, -0.1) is 0 Å². The van der Waals surface area contributed by atoms with Crippen LogP contribution < -0.4 is 54.0 Å². The number of carbonyl (C=O) groups excluding carboxylic acids is 6. The van der Waals surface area contributed by atoms with E-state index >= 15 is 0 Å². The van der Waals surface area contributed by atoms with Crippen molar-refractivity contribution in [1.82, 2.24) is 42.5 Å². The van der Waals surface area contributed by atoms with Crippen LogP contribution in [0.25, 0.3) is 0 Å². The van der Waals surface area contributed by atoms with Crippen LogP contribution in [-0.2, 0) is 39.9 Å². The molecule has 0 unspecified atom stereocenters. The summed E-state index contributed by atoms with van der Waals surface area (Å²) in [4.78, 5) is 89.2. The Hall–Kier alpha value is -6.72. The zero-order valence-corrected chi connectivity index (χ0v) is 37.1. The van der Waals surface area contributed by atoms with E-state index in [1.807, 2.05) is 0 Å². The number of aliphatic hydroxyl groups excluding tert-OH is 7. The highest BCUT2D eigenvalue weighted by Gasteiger charge is 2.53. The minimum atomic E-state index is -2.23. The standard InChI is InChI=1S/C42H58N12O15/c1-17(19-5-3-2-4-6-19)27-37(66)48-21(11-18-7-9-20(57)10-8-18)36(65)52-28(30(59)22-12-46-41(43)50-22)39(68)53-29(38(67)49-23(15-55)35(64)45-14-26(58)51-27)31(60)24-13-47-42(44)54(24)40-34(63)33(62)32(61)25(16-56)69-40/h2-10,17,21-25,27-34,40,55-56,59-63H,11-16H2,1H3,(H12,43,44,45,46,47,48,49,50,51,52,53,57,58,64,65,66,67,68)/p+1/t17-,21+,22-,23-,24-,25+,27-,28-,29+,30+,31+,32+,33-,34-,40-/m0/s1. The average Bonchev–Trinajstić information content (AvgIpc) is 3.96. The Morgan fingerprint density at radius 3 is 1.96 bits per heavy atom. The molecule has 0 radical (unpaired) electrons. The molecule has 376 valence electrons. The number of phenolic OH excluding ortho intramolecular Hbond substituents is 1. The van der Waals surface area contributed by atoms with Crippen LogP contribution in [0.15, 0.2) is 59.6 Å². The fraction of sp³-hybridized carbons (Fsp3) is 0.524. The molecule has 4 aliphatic rings. The van der Waals surface area contributed by atoms with Crippen molar-refractivity contribution in [3.8, 4) is 5.75 Å². The molecule has 27 heteroatoms. The monoisotopic (exact) mass is 971 g/mol. The number of nitrogens with two attached hydrogens (primary N) is 2. The van der Waals surface area contributed by atoms with E-state index in [0.29, 0.717) is 11.1 Å². The Morgan fingerprint density at radius 1 is 0.696 bits per heavy atom. The maximum Gasteiger partial charge on any atom is 0.346 e. The molecule has 6 amide bonds. The van der Waals surface area contributed by atoms with E-state index < -0.39 is 146 Å². The third-order valence-corrected chi connectivity index (χ3v) is 12.4. The Labute approximate surface area is 393 Å². The summed E-state index contributed by atoms with van der Waals surface area (Å²) in [6.07, 6.45) is -13.3. The number of guanidine groups is 2. The quantitative estimate of drug-likeness (QED) is 0.0930. The van der Waals surface area contributed by atoms with Crippen molar-refractivity contribution >= 4 is 47.4 Å². The lowest BCUT2D eigenvalue weighted by Gasteiger charge is -2.41. The average molecular weight is 972 g/mol. The van der Waals surface area contributed by atoms with Gasteiger partial charge in [-0.25, -0.2) is 9.57 Å². The number of benzene rings is 2. The van der Waals surface area contributed by atoms with Gasteiger partial charge in [-0.3, -0.25) is 39.8 Å². The number of hydrogen-bond acceptors (Lipinski definition) is 20. The molecule has 20 N–H and O–H groups in total. The molecule has 4 heterocycles. The Kier molecular flexibility index (Phi) is 16.9. The van der Waals surface area contributed by atoms with Crippen molar-refractivity contribution < 1.29 is 78.9 Å². The van der Waals surface area contributed by atoms with Crippen LogP contribution >= 0.6 is 0 Å². The molecule has 4 aliphatic heterocycles. The summed E-state index contributed by atoms with van der Waals surface area (Å²) >= 11 is 0. The molecule has 0 bridgehead atoms. The van der Waals surface area contributed by atoms with E-state index in [9.17, 15) is 69.6 Å². The highest BCUT2D eigenvalue weighted by Crippen LogP contribution is 2.26. The number of aromatic hydroxyl groups is 1. The molecule has 0 aliphatic carbocycles. The van der Waals surface area contributed by atoms with Crippen molar-refractivity contribution in [1.29, 1.82) is 0 Å². The number of aliphatic hydroxyl groups is 7. The molecule has 2 saturated heterocycles. The second-order valence-corrected chi connectivity index (χ2v) is 17.0. The molecule has 15 atom stereocenters. The van der Waals surface area contributed by atoms with Gasteiger partial charge in [0.15, 0.2) is 5.96 Å². The van der Waals surface area contributed by atoms with E-state index in [2.05, 4.69) is 47.5 Å². The topological polar surface area (TPSA) is 437 Å². The fourth-order valence-corrected chi connectivity index (χ4v) is 8.41.